The Labute approximate surface area is 121 Å². The lowest BCUT2D eigenvalue weighted by atomic mass is 9.99. The van der Waals surface area contributed by atoms with Gasteiger partial charge < -0.3 is 10.7 Å². The first-order valence-corrected chi connectivity index (χ1v) is 7.00. The number of hydrogen-bond acceptors (Lipinski definition) is 3. The van der Waals surface area contributed by atoms with Gasteiger partial charge in [-0.1, -0.05) is 42.5 Å². The minimum atomic E-state index is 0.738. The molecule has 0 unspecified atom stereocenters. The summed E-state index contributed by atoms with van der Waals surface area (Å²) in [5.41, 5.74) is 11.2. The van der Waals surface area contributed by atoms with Gasteiger partial charge in [0.1, 0.15) is 0 Å². The van der Waals surface area contributed by atoms with Gasteiger partial charge in [-0.15, -0.1) is 0 Å². The zero-order valence-corrected chi connectivity index (χ0v) is 12.1. The molecule has 106 valence electrons. The van der Waals surface area contributed by atoms with Crippen LogP contribution in [0.25, 0.3) is 0 Å². The molecule has 0 heterocycles. The Morgan fingerprint density at radius 3 is 2.65 bits per heavy atom. The second-order valence-electron chi connectivity index (χ2n) is 5.25. The summed E-state index contributed by atoms with van der Waals surface area (Å²) < 4.78 is 0. The summed E-state index contributed by atoms with van der Waals surface area (Å²) in [6, 6.07) is 8.53. The Morgan fingerprint density at radius 2 is 2.00 bits per heavy atom. The van der Waals surface area contributed by atoms with E-state index in [4.69, 9.17) is 11.6 Å². The number of rotatable bonds is 5. The molecule has 1 aliphatic carbocycles. The van der Waals surface area contributed by atoms with Gasteiger partial charge in [-0.3, -0.25) is 0 Å². The molecule has 4 N–H and O–H groups in total. The van der Waals surface area contributed by atoms with Crippen molar-refractivity contribution in [2.24, 2.45) is 11.6 Å². The zero-order valence-electron chi connectivity index (χ0n) is 12.1. The van der Waals surface area contributed by atoms with Gasteiger partial charge in [-0.25, -0.2) is 5.84 Å². The lowest BCUT2D eigenvalue weighted by Gasteiger charge is -2.25. The maximum atomic E-state index is 6.11. The van der Waals surface area contributed by atoms with Crippen LogP contribution in [0.1, 0.15) is 24.0 Å². The van der Waals surface area contributed by atoms with Gasteiger partial charge in [0.05, 0.1) is 0 Å². The van der Waals surface area contributed by atoms with E-state index >= 15 is 0 Å². The molecule has 1 aromatic rings. The van der Waals surface area contributed by atoms with Crippen LogP contribution in [-0.2, 0) is 6.42 Å². The number of allylic oxidation sites excluding steroid dienone is 3. The number of hydrogen-bond donors (Lipinski definition) is 2. The number of aryl methyl sites for hydroxylation is 1. The minimum Gasteiger partial charge on any atom is -0.398 e. The minimum absolute atomic E-state index is 0.738. The van der Waals surface area contributed by atoms with E-state index in [1.807, 2.05) is 6.08 Å². The van der Waals surface area contributed by atoms with Crippen LogP contribution in [0.2, 0.25) is 0 Å². The standard InChI is InChI=1S/C17H23N3/c1-13-7-9-15(10-8-13)11-12-20(19)14(2)16-5-3-4-6-17(16)18/h4,6-10H,2-3,5,11-12,18-19H2,1H3. The van der Waals surface area contributed by atoms with E-state index in [-0.39, 0.29) is 0 Å². The van der Waals surface area contributed by atoms with Gasteiger partial charge in [0.15, 0.2) is 0 Å². The summed E-state index contributed by atoms with van der Waals surface area (Å²) >= 11 is 0. The van der Waals surface area contributed by atoms with Crippen LogP contribution in [0.4, 0.5) is 0 Å². The first-order chi connectivity index (χ1) is 9.58. The van der Waals surface area contributed by atoms with Crippen LogP contribution < -0.4 is 11.6 Å². The molecule has 0 amide bonds. The van der Waals surface area contributed by atoms with E-state index in [2.05, 4.69) is 43.8 Å². The first-order valence-electron chi connectivity index (χ1n) is 7.00. The third-order valence-electron chi connectivity index (χ3n) is 3.66. The monoisotopic (exact) mass is 269 g/mol. The number of benzene rings is 1. The van der Waals surface area contributed by atoms with Gasteiger partial charge in [-0.05, 0) is 43.4 Å². The molecule has 0 radical (unpaired) electrons. The SMILES string of the molecule is C=C(C1=C(N)C=CCC1)N(N)CCc1ccc(C)cc1. The fourth-order valence-corrected chi connectivity index (χ4v) is 2.31. The van der Waals surface area contributed by atoms with Gasteiger partial charge in [0, 0.05) is 17.9 Å². The zero-order chi connectivity index (χ0) is 14.5. The Bertz CT molecular complexity index is 538. The van der Waals surface area contributed by atoms with Crippen LogP contribution in [0.15, 0.2) is 60.0 Å². The third-order valence-corrected chi connectivity index (χ3v) is 3.66. The fourth-order valence-electron chi connectivity index (χ4n) is 2.31. The molecule has 1 aromatic carbocycles. The van der Waals surface area contributed by atoms with Crippen molar-refractivity contribution in [3.63, 3.8) is 0 Å². The maximum Gasteiger partial charge on any atom is 0.0498 e. The van der Waals surface area contributed by atoms with Crippen molar-refractivity contribution in [2.45, 2.75) is 26.2 Å². The predicted octanol–water partition coefficient (Wildman–Crippen LogP) is 2.79. The summed E-state index contributed by atoms with van der Waals surface area (Å²) in [4.78, 5) is 0. The topological polar surface area (TPSA) is 55.3 Å². The van der Waals surface area contributed by atoms with Gasteiger partial charge in [0.25, 0.3) is 0 Å². The average molecular weight is 269 g/mol. The highest BCUT2D eigenvalue weighted by Gasteiger charge is 2.13. The molecule has 0 atom stereocenters. The van der Waals surface area contributed by atoms with E-state index in [1.54, 1.807) is 5.01 Å². The van der Waals surface area contributed by atoms with Gasteiger partial charge in [0.2, 0.25) is 0 Å². The highest BCUT2D eigenvalue weighted by atomic mass is 15.4. The molecule has 0 saturated heterocycles. The van der Waals surface area contributed by atoms with E-state index in [1.165, 1.54) is 11.1 Å². The van der Waals surface area contributed by atoms with Crippen LogP contribution in [-0.4, -0.2) is 11.6 Å². The number of hydrazine groups is 1. The molecule has 1 aliphatic rings. The Balaban J connectivity index is 1.94. The highest BCUT2D eigenvalue weighted by molar-refractivity contribution is 5.38. The Kier molecular flexibility index (Phi) is 4.64. The predicted molar refractivity (Wildman–Crippen MR) is 84.5 cm³/mol. The lowest BCUT2D eigenvalue weighted by molar-refractivity contribution is 0.368. The van der Waals surface area contributed by atoms with Crippen LogP contribution in [0, 0.1) is 6.92 Å². The summed E-state index contributed by atoms with van der Waals surface area (Å²) in [5.74, 6) is 6.11. The Hall–Kier alpha value is -2.00. The van der Waals surface area contributed by atoms with Crippen LogP contribution >= 0.6 is 0 Å². The third kappa shape index (κ3) is 3.52. The van der Waals surface area contributed by atoms with E-state index in [0.717, 1.165) is 42.8 Å². The summed E-state index contributed by atoms with van der Waals surface area (Å²) in [6.45, 7) is 6.91. The molecule has 0 aromatic heterocycles. The number of nitrogens with zero attached hydrogens (tertiary/aromatic N) is 1. The molecule has 2 rings (SSSR count). The number of nitrogens with two attached hydrogens (primary N) is 2. The molecule has 0 aliphatic heterocycles. The van der Waals surface area contributed by atoms with Crippen molar-refractivity contribution >= 4 is 0 Å². The quantitative estimate of drug-likeness (QED) is 0.638. The molecule has 0 spiro atoms. The van der Waals surface area contributed by atoms with Crippen molar-refractivity contribution < 1.29 is 0 Å². The lowest BCUT2D eigenvalue weighted by Crippen LogP contribution is -2.33. The molecule has 3 heteroatoms. The molecule has 20 heavy (non-hydrogen) atoms. The van der Waals surface area contributed by atoms with Crippen LogP contribution in [0.3, 0.4) is 0 Å². The van der Waals surface area contributed by atoms with Crippen molar-refractivity contribution in [1.29, 1.82) is 0 Å². The van der Waals surface area contributed by atoms with Crippen molar-refractivity contribution in [3.8, 4) is 0 Å². The smallest absolute Gasteiger partial charge is 0.0498 e. The first kappa shape index (κ1) is 14.4. The molecule has 0 fully saturated rings. The normalized spacial score (nSPS) is 14.5. The van der Waals surface area contributed by atoms with Gasteiger partial charge in [-0.2, -0.15) is 0 Å². The molecular weight excluding hydrogens is 246 g/mol. The van der Waals surface area contributed by atoms with Crippen LogP contribution in [0.5, 0.6) is 0 Å². The highest BCUT2D eigenvalue weighted by Crippen LogP contribution is 2.23. The summed E-state index contributed by atoms with van der Waals surface area (Å²) in [6.07, 6.45) is 6.84. The van der Waals surface area contributed by atoms with Gasteiger partial charge >= 0.3 is 0 Å². The second-order valence-corrected chi connectivity index (χ2v) is 5.25. The summed E-state index contributed by atoms with van der Waals surface area (Å²) in [7, 11) is 0. The summed E-state index contributed by atoms with van der Waals surface area (Å²) in [5, 5.41) is 1.71. The van der Waals surface area contributed by atoms with E-state index in [0.29, 0.717) is 0 Å². The molecular formula is C17H23N3. The van der Waals surface area contributed by atoms with Crippen molar-refractivity contribution in [2.75, 3.05) is 6.54 Å². The van der Waals surface area contributed by atoms with Crippen molar-refractivity contribution in [1.82, 2.24) is 5.01 Å². The molecule has 3 nitrogen and oxygen atoms in total. The average Bonchev–Trinajstić information content (AvgIpc) is 2.46. The van der Waals surface area contributed by atoms with E-state index < -0.39 is 0 Å². The van der Waals surface area contributed by atoms with E-state index in [9.17, 15) is 0 Å². The van der Waals surface area contributed by atoms with Crippen molar-refractivity contribution in [3.05, 3.63) is 71.1 Å². The largest absolute Gasteiger partial charge is 0.398 e. The maximum absolute atomic E-state index is 6.11. The molecule has 0 bridgehead atoms. The molecule has 0 saturated carbocycles. The fraction of sp³-hybridized carbons (Fsp3) is 0.294. The Morgan fingerprint density at radius 1 is 1.30 bits per heavy atom. The second kappa shape index (κ2) is 6.44.